The summed E-state index contributed by atoms with van der Waals surface area (Å²) in [6, 6.07) is 16.8. The number of amides is 2. The third-order valence-corrected chi connectivity index (χ3v) is 7.04. The summed E-state index contributed by atoms with van der Waals surface area (Å²) in [5.41, 5.74) is 3.18. The Kier molecular flexibility index (Phi) is 12.0. The Labute approximate surface area is 231 Å². The zero-order valence-electron chi connectivity index (χ0n) is 22.6. The minimum Gasteiger partial charge on any atom is -0.463 e. The van der Waals surface area contributed by atoms with E-state index in [2.05, 4.69) is 18.5 Å². The van der Waals surface area contributed by atoms with Crippen molar-refractivity contribution in [3.63, 3.8) is 0 Å². The Hall–Kier alpha value is -3.71. The highest BCUT2D eigenvalue weighted by Gasteiger charge is 2.32. The van der Waals surface area contributed by atoms with Gasteiger partial charge < -0.3 is 20.1 Å². The molecule has 3 rings (SSSR count). The molecule has 2 N–H and O–H groups in total. The molecule has 1 heterocycles. The van der Waals surface area contributed by atoms with Crippen LogP contribution in [0.15, 0.2) is 79.9 Å². The molecule has 0 unspecified atom stereocenters. The monoisotopic (exact) mass is 532 g/mol. The lowest BCUT2D eigenvalue weighted by atomic mass is 9.92. The third-order valence-electron chi connectivity index (χ3n) is 7.04. The summed E-state index contributed by atoms with van der Waals surface area (Å²) in [5, 5.41) is 13.0. The Balaban J connectivity index is 1.67. The highest BCUT2D eigenvalue weighted by atomic mass is 16.5. The highest BCUT2D eigenvalue weighted by Crippen LogP contribution is 2.25. The van der Waals surface area contributed by atoms with Gasteiger partial charge in [-0.3, -0.25) is 14.4 Å². The van der Waals surface area contributed by atoms with Gasteiger partial charge in [-0.15, -0.1) is 13.2 Å². The number of hydrogen-bond acceptors (Lipinski definition) is 5. The van der Waals surface area contributed by atoms with Gasteiger partial charge in [-0.1, -0.05) is 66.7 Å². The van der Waals surface area contributed by atoms with Crippen molar-refractivity contribution in [2.45, 2.75) is 63.6 Å². The number of allylic oxidation sites excluding steroid dienone is 2. The maximum Gasteiger partial charge on any atom is 0.305 e. The van der Waals surface area contributed by atoms with Gasteiger partial charge >= 0.3 is 5.97 Å². The molecule has 39 heavy (non-hydrogen) atoms. The first-order valence-corrected chi connectivity index (χ1v) is 13.6. The van der Waals surface area contributed by atoms with Gasteiger partial charge in [0.2, 0.25) is 11.8 Å². The van der Waals surface area contributed by atoms with Crippen molar-refractivity contribution in [3.05, 3.63) is 96.6 Å². The number of benzene rings is 2. The van der Waals surface area contributed by atoms with E-state index in [4.69, 9.17) is 4.74 Å². The SMILES string of the molecule is C=CCCCC(=O)OC[C@@H](Cc1ccccc1)NC(=O)[C@H](CC=C)CC(=O)N1Cc2ccccc2C[C@H]1CO. The lowest BCUT2D eigenvalue weighted by molar-refractivity contribution is -0.145. The van der Waals surface area contributed by atoms with E-state index in [1.807, 2.05) is 54.6 Å². The predicted octanol–water partition coefficient (Wildman–Crippen LogP) is 4.14. The lowest BCUT2D eigenvalue weighted by Gasteiger charge is -2.36. The van der Waals surface area contributed by atoms with Crippen molar-refractivity contribution >= 4 is 17.8 Å². The number of rotatable bonds is 15. The van der Waals surface area contributed by atoms with Gasteiger partial charge in [0, 0.05) is 19.4 Å². The third kappa shape index (κ3) is 9.21. The number of aliphatic hydroxyl groups excluding tert-OH is 1. The van der Waals surface area contributed by atoms with E-state index in [0.29, 0.717) is 32.2 Å². The highest BCUT2D eigenvalue weighted by molar-refractivity contribution is 5.86. The van der Waals surface area contributed by atoms with Crippen molar-refractivity contribution in [2.24, 2.45) is 5.92 Å². The van der Waals surface area contributed by atoms with Crippen LogP contribution in [-0.4, -0.2) is 53.1 Å². The number of carbonyl (C=O) groups is 3. The van der Waals surface area contributed by atoms with Gasteiger partial charge in [0.25, 0.3) is 0 Å². The smallest absolute Gasteiger partial charge is 0.305 e. The number of hydrogen-bond donors (Lipinski definition) is 2. The van der Waals surface area contributed by atoms with Crippen molar-refractivity contribution in [1.82, 2.24) is 10.2 Å². The number of esters is 1. The summed E-state index contributed by atoms with van der Waals surface area (Å²) in [4.78, 5) is 40.7. The molecule has 2 amide bonds. The molecule has 7 heteroatoms. The fourth-order valence-corrected chi connectivity index (χ4v) is 4.88. The summed E-state index contributed by atoms with van der Waals surface area (Å²) in [6.45, 7) is 7.75. The fourth-order valence-electron chi connectivity index (χ4n) is 4.88. The molecule has 0 spiro atoms. The van der Waals surface area contributed by atoms with Gasteiger partial charge in [-0.25, -0.2) is 0 Å². The first-order valence-electron chi connectivity index (χ1n) is 13.6. The topological polar surface area (TPSA) is 95.9 Å². The second-order valence-corrected chi connectivity index (χ2v) is 10.0. The van der Waals surface area contributed by atoms with Gasteiger partial charge in [-0.05, 0) is 48.8 Å². The molecule has 0 fully saturated rings. The van der Waals surface area contributed by atoms with Crippen LogP contribution in [0.4, 0.5) is 0 Å². The zero-order chi connectivity index (χ0) is 28.0. The van der Waals surface area contributed by atoms with Crippen molar-refractivity contribution in [1.29, 1.82) is 0 Å². The molecule has 3 atom stereocenters. The zero-order valence-corrected chi connectivity index (χ0v) is 22.6. The van der Waals surface area contributed by atoms with Crippen LogP contribution in [0, 0.1) is 5.92 Å². The predicted molar refractivity (Wildman–Crippen MR) is 152 cm³/mol. The molecule has 0 saturated carbocycles. The summed E-state index contributed by atoms with van der Waals surface area (Å²) < 4.78 is 5.49. The summed E-state index contributed by atoms with van der Waals surface area (Å²) >= 11 is 0. The second-order valence-electron chi connectivity index (χ2n) is 10.0. The second kappa shape index (κ2) is 15.6. The number of aliphatic hydroxyl groups is 1. The summed E-state index contributed by atoms with van der Waals surface area (Å²) in [5.74, 6) is -1.42. The normalized spacial score (nSPS) is 15.9. The molecule has 0 aliphatic carbocycles. The van der Waals surface area contributed by atoms with Crippen LogP contribution < -0.4 is 5.32 Å². The number of ether oxygens (including phenoxy) is 1. The van der Waals surface area contributed by atoms with E-state index >= 15 is 0 Å². The maximum absolute atomic E-state index is 13.4. The average Bonchev–Trinajstić information content (AvgIpc) is 2.95. The van der Waals surface area contributed by atoms with Crippen molar-refractivity contribution in [3.8, 4) is 0 Å². The van der Waals surface area contributed by atoms with Gasteiger partial charge in [0.15, 0.2) is 0 Å². The van der Waals surface area contributed by atoms with Crippen LogP contribution in [-0.2, 0) is 38.5 Å². The summed E-state index contributed by atoms with van der Waals surface area (Å²) in [7, 11) is 0. The average molecular weight is 533 g/mol. The van der Waals surface area contributed by atoms with E-state index in [-0.39, 0.29) is 49.9 Å². The van der Waals surface area contributed by atoms with Crippen LogP contribution in [0.1, 0.15) is 48.8 Å². The number of fused-ring (bicyclic) bond motifs is 1. The minimum absolute atomic E-state index is 0.00405. The standard InChI is InChI=1S/C32H40N2O5/c1-3-5-7-17-31(37)39-23-28(18-24-13-8-6-9-14-24)33-32(38)26(12-4-2)20-30(36)34-21-27-16-11-10-15-25(27)19-29(34)22-35/h3-4,6,8-11,13-16,26,28-29,35H,1-2,5,7,12,17-23H2,(H,33,38)/t26-,28-,29+/m1/s1. The molecule has 1 aliphatic heterocycles. The van der Waals surface area contributed by atoms with Crippen LogP contribution in [0.2, 0.25) is 0 Å². The van der Waals surface area contributed by atoms with Crippen LogP contribution in [0.25, 0.3) is 0 Å². The first-order chi connectivity index (χ1) is 18.9. The van der Waals surface area contributed by atoms with Crippen molar-refractivity contribution in [2.75, 3.05) is 13.2 Å². The van der Waals surface area contributed by atoms with Gasteiger partial charge in [-0.2, -0.15) is 0 Å². The van der Waals surface area contributed by atoms with Crippen LogP contribution in [0.5, 0.6) is 0 Å². The number of unbranched alkanes of at least 4 members (excludes halogenated alkanes) is 1. The first kappa shape index (κ1) is 29.8. The Bertz CT molecular complexity index is 1120. The number of nitrogens with one attached hydrogen (secondary N) is 1. The molecule has 208 valence electrons. The molecule has 0 bridgehead atoms. The van der Waals surface area contributed by atoms with E-state index < -0.39 is 12.0 Å². The lowest BCUT2D eigenvalue weighted by Crippen LogP contribution is -2.48. The molecule has 7 nitrogen and oxygen atoms in total. The largest absolute Gasteiger partial charge is 0.463 e. The van der Waals surface area contributed by atoms with Gasteiger partial charge in [0.05, 0.1) is 24.6 Å². The Morgan fingerprint density at radius 3 is 2.46 bits per heavy atom. The molecule has 0 radical (unpaired) electrons. The molecule has 2 aromatic carbocycles. The van der Waals surface area contributed by atoms with Crippen LogP contribution in [0.3, 0.4) is 0 Å². The quantitative estimate of drug-likeness (QED) is 0.204. The van der Waals surface area contributed by atoms with Crippen molar-refractivity contribution < 1.29 is 24.2 Å². The van der Waals surface area contributed by atoms with E-state index in [9.17, 15) is 19.5 Å². The molecule has 1 aliphatic rings. The van der Waals surface area contributed by atoms with E-state index in [1.165, 1.54) is 0 Å². The van der Waals surface area contributed by atoms with Gasteiger partial charge in [0.1, 0.15) is 6.61 Å². The summed E-state index contributed by atoms with van der Waals surface area (Å²) in [6.07, 6.45) is 6.47. The number of carbonyl (C=O) groups excluding carboxylic acids is 3. The minimum atomic E-state index is -0.631. The van der Waals surface area contributed by atoms with E-state index in [1.54, 1.807) is 17.1 Å². The number of nitrogens with zero attached hydrogens (tertiary/aromatic N) is 1. The fraction of sp³-hybridized carbons (Fsp3) is 0.406. The maximum atomic E-state index is 13.4. The Morgan fingerprint density at radius 2 is 1.77 bits per heavy atom. The molecule has 2 aromatic rings. The Morgan fingerprint density at radius 1 is 1.05 bits per heavy atom. The molecular weight excluding hydrogens is 492 g/mol. The van der Waals surface area contributed by atoms with E-state index in [0.717, 1.165) is 23.1 Å². The molecular formula is C32H40N2O5. The molecule has 0 aromatic heterocycles. The molecule has 0 saturated heterocycles. The van der Waals surface area contributed by atoms with Crippen LogP contribution >= 0.6 is 0 Å².